The second-order valence-corrected chi connectivity index (χ2v) is 6.85. The minimum absolute atomic E-state index is 0.647. The molecule has 0 saturated carbocycles. The SMILES string of the molecule is CN(C)C=Nc1cccc(-c2n[nH]c3ncnc(Nc4cccc(Cl)c4)c23)c1. The number of H-pyrrole nitrogens is 1. The van der Waals surface area contributed by atoms with Gasteiger partial charge in [-0.2, -0.15) is 5.10 Å². The number of hydrogen-bond acceptors (Lipinski definition) is 5. The summed E-state index contributed by atoms with van der Waals surface area (Å²) in [5.41, 5.74) is 4.00. The highest BCUT2D eigenvalue weighted by Crippen LogP contribution is 2.33. The molecule has 2 aromatic carbocycles. The van der Waals surface area contributed by atoms with Gasteiger partial charge in [0.25, 0.3) is 0 Å². The molecule has 0 amide bonds. The molecule has 4 rings (SSSR count). The number of nitrogens with one attached hydrogen (secondary N) is 2. The van der Waals surface area contributed by atoms with Crippen LogP contribution in [0.5, 0.6) is 0 Å². The molecule has 0 spiro atoms. The molecule has 7 nitrogen and oxygen atoms in total. The lowest BCUT2D eigenvalue weighted by atomic mass is 10.1. The first-order chi connectivity index (χ1) is 13.6. The smallest absolute Gasteiger partial charge is 0.161 e. The number of fused-ring (bicyclic) bond motifs is 1. The van der Waals surface area contributed by atoms with Gasteiger partial charge in [0.15, 0.2) is 5.65 Å². The Balaban J connectivity index is 1.78. The minimum atomic E-state index is 0.647. The number of nitrogens with zero attached hydrogens (tertiary/aromatic N) is 5. The molecule has 8 heteroatoms. The van der Waals surface area contributed by atoms with Crippen molar-refractivity contribution in [3.05, 3.63) is 59.9 Å². The van der Waals surface area contributed by atoms with Crippen LogP contribution in [-0.4, -0.2) is 45.5 Å². The Bertz CT molecular complexity index is 1150. The first-order valence-corrected chi connectivity index (χ1v) is 9.00. The summed E-state index contributed by atoms with van der Waals surface area (Å²) >= 11 is 6.10. The maximum atomic E-state index is 6.10. The molecule has 4 aromatic rings. The van der Waals surface area contributed by atoms with Crippen molar-refractivity contribution in [2.24, 2.45) is 4.99 Å². The predicted molar refractivity (Wildman–Crippen MR) is 114 cm³/mol. The Morgan fingerprint density at radius 2 is 1.96 bits per heavy atom. The van der Waals surface area contributed by atoms with Gasteiger partial charge in [0, 0.05) is 30.4 Å². The van der Waals surface area contributed by atoms with Crippen molar-refractivity contribution in [3.63, 3.8) is 0 Å². The zero-order chi connectivity index (χ0) is 19.5. The van der Waals surface area contributed by atoms with E-state index in [1.54, 1.807) is 6.34 Å². The Labute approximate surface area is 167 Å². The first-order valence-electron chi connectivity index (χ1n) is 8.63. The zero-order valence-corrected chi connectivity index (χ0v) is 16.1. The van der Waals surface area contributed by atoms with Crippen molar-refractivity contribution in [1.29, 1.82) is 0 Å². The van der Waals surface area contributed by atoms with E-state index in [2.05, 4.69) is 30.5 Å². The minimum Gasteiger partial charge on any atom is -0.369 e. The Hall–Kier alpha value is -3.45. The summed E-state index contributed by atoms with van der Waals surface area (Å²) in [7, 11) is 3.86. The fourth-order valence-electron chi connectivity index (χ4n) is 2.78. The maximum absolute atomic E-state index is 6.10. The van der Waals surface area contributed by atoms with Gasteiger partial charge in [0.1, 0.15) is 17.8 Å². The van der Waals surface area contributed by atoms with Gasteiger partial charge in [-0.15, -0.1) is 0 Å². The number of aliphatic imine (C=N–C) groups is 1. The topological polar surface area (TPSA) is 82.1 Å². The molecule has 2 N–H and O–H groups in total. The van der Waals surface area contributed by atoms with E-state index < -0.39 is 0 Å². The molecule has 28 heavy (non-hydrogen) atoms. The maximum Gasteiger partial charge on any atom is 0.161 e. The molecule has 0 aliphatic rings. The van der Waals surface area contributed by atoms with E-state index in [0.717, 1.165) is 28.0 Å². The molecular formula is C20H18ClN7. The van der Waals surface area contributed by atoms with Gasteiger partial charge in [0.05, 0.1) is 17.4 Å². The number of halogens is 1. The lowest BCUT2D eigenvalue weighted by molar-refractivity contribution is 0.643. The number of anilines is 2. The molecule has 0 radical (unpaired) electrons. The van der Waals surface area contributed by atoms with Crippen LogP contribution in [0.3, 0.4) is 0 Å². The van der Waals surface area contributed by atoms with Gasteiger partial charge >= 0.3 is 0 Å². The van der Waals surface area contributed by atoms with Crippen molar-refractivity contribution < 1.29 is 0 Å². The lowest BCUT2D eigenvalue weighted by Gasteiger charge is -2.08. The first kappa shape index (κ1) is 17.9. The number of hydrogen-bond donors (Lipinski definition) is 2. The number of aromatic amines is 1. The van der Waals surface area contributed by atoms with Crippen molar-refractivity contribution in [1.82, 2.24) is 25.1 Å². The average molecular weight is 392 g/mol. The summed E-state index contributed by atoms with van der Waals surface area (Å²) in [5, 5.41) is 12.2. The second kappa shape index (κ2) is 7.66. The number of benzene rings is 2. The fourth-order valence-corrected chi connectivity index (χ4v) is 2.97. The van der Waals surface area contributed by atoms with Crippen LogP contribution in [-0.2, 0) is 0 Å². The third kappa shape index (κ3) is 3.79. The van der Waals surface area contributed by atoms with Crippen LogP contribution < -0.4 is 5.32 Å². The summed E-state index contributed by atoms with van der Waals surface area (Å²) in [6.45, 7) is 0. The van der Waals surface area contributed by atoms with E-state index in [1.807, 2.05) is 67.5 Å². The molecule has 0 aliphatic heterocycles. The largest absolute Gasteiger partial charge is 0.369 e. The molecule has 0 aliphatic carbocycles. The fraction of sp³-hybridized carbons (Fsp3) is 0.100. The van der Waals surface area contributed by atoms with Crippen LogP contribution >= 0.6 is 11.6 Å². The van der Waals surface area contributed by atoms with E-state index in [4.69, 9.17) is 11.6 Å². The summed E-state index contributed by atoms with van der Waals surface area (Å²) in [6.07, 6.45) is 3.26. The lowest BCUT2D eigenvalue weighted by Crippen LogP contribution is -2.06. The third-order valence-electron chi connectivity index (χ3n) is 4.00. The molecule has 0 unspecified atom stereocenters. The molecule has 0 fully saturated rings. The van der Waals surface area contributed by atoms with E-state index >= 15 is 0 Å². The average Bonchev–Trinajstić information content (AvgIpc) is 3.12. The van der Waals surface area contributed by atoms with E-state index in [-0.39, 0.29) is 0 Å². The van der Waals surface area contributed by atoms with Crippen molar-refractivity contribution in [2.45, 2.75) is 0 Å². The van der Waals surface area contributed by atoms with Gasteiger partial charge in [-0.3, -0.25) is 5.10 Å². The summed E-state index contributed by atoms with van der Waals surface area (Å²) in [6, 6.07) is 15.3. The molecule has 2 aromatic heterocycles. The van der Waals surface area contributed by atoms with E-state index in [0.29, 0.717) is 16.5 Å². The molecule has 2 heterocycles. The van der Waals surface area contributed by atoms with Crippen LogP contribution in [0.1, 0.15) is 0 Å². The molecular weight excluding hydrogens is 374 g/mol. The molecule has 0 bridgehead atoms. The quantitative estimate of drug-likeness (QED) is 0.382. The Kier molecular flexibility index (Phi) is 4.90. The summed E-state index contributed by atoms with van der Waals surface area (Å²) in [4.78, 5) is 15.1. The van der Waals surface area contributed by atoms with E-state index in [9.17, 15) is 0 Å². The van der Waals surface area contributed by atoms with Crippen LogP contribution in [0.4, 0.5) is 17.2 Å². The third-order valence-corrected chi connectivity index (χ3v) is 4.24. The highest BCUT2D eigenvalue weighted by molar-refractivity contribution is 6.30. The summed E-state index contributed by atoms with van der Waals surface area (Å²) in [5.74, 6) is 0.651. The van der Waals surface area contributed by atoms with Gasteiger partial charge in [0.2, 0.25) is 0 Å². The normalized spacial score (nSPS) is 11.2. The summed E-state index contributed by atoms with van der Waals surface area (Å²) < 4.78 is 0. The molecule has 0 atom stereocenters. The van der Waals surface area contributed by atoms with Gasteiger partial charge < -0.3 is 10.2 Å². The second-order valence-electron chi connectivity index (χ2n) is 6.41. The van der Waals surface area contributed by atoms with Crippen LogP contribution in [0.25, 0.3) is 22.3 Å². The Morgan fingerprint density at radius 1 is 1.11 bits per heavy atom. The van der Waals surface area contributed by atoms with Crippen molar-refractivity contribution >= 4 is 46.2 Å². The van der Waals surface area contributed by atoms with Gasteiger partial charge in [-0.05, 0) is 30.3 Å². The highest BCUT2D eigenvalue weighted by Gasteiger charge is 2.15. The molecule has 0 saturated heterocycles. The monoisotopic (exact) mass is 391 g/mol. The number of rotatable bonds is 5. The van der Waals surface area contributed by atoms with Crippen molar-refractivity contribution in [3.8, 4) is 11.3 Å². The van der Waals surface area contributed by atoms with Crippen LogP contribution in [0, 0.1) is 0 Å². The van der Waals surface area contributed by atoms with Crippen molar-refractivity contribution in [2.75, 3.05) is 19.4 Å². The highest BCUT2D eigenvalue weighted by atomic mass is 35.5. The van der Waals surface area contributed by atoms with Crippen LogP contribution in [0.2, 0.25) is 5.02 Å². The zero-order valence-electron chi connectivity index (χ0n) is 15.4. The predicted octanol–water partition coefficient (Wildman–Crippen LogP) is 4.64. The van der Waals surface area contributed by atoms with E-state index in [1.165, 1.54) is 6.33 Å². The number of aromatic nitrogens is 4. The van der Waals surface area contributed by atoms with Gasteiger partial charge in [-0.25, -0.2) is 15.0 Å². The van der Waals surface area contributed by atoms with Crippen LogP contribution in [0.15, 0.2) is 59.9 Å². The standard InChI is InChI=1S/C20H18ClN7/c1-28(2)12-24-15-7-3-5-13(9-15)18-17-19(22-11-23-20(17)27-26-18)25-16-8-4-6-14(21)10-16/h3-12H,1-2H3,(H2,22,23,25,26,27). The Morgan fingerprint density at radius 3 is 2.79 bits per heavy atom. The molecule has 140 valence electrons. The van der Waals surface area contributed by atoms with Gasteiger partial charge in [-0.1, -0.05) is 29.8 Å².